The first kappa shape index (κ1) is 36.2. The van der Waals surface area contributed by atoms with Crippen molar-refractivity contribution in [1.82, 2.24) is 4.90 Å². The minimum atomic E-state index is -5.08. The Kier molecular flexibility index (Phi) is 11.7. The molecular weight excluding hydrogens is 636 g/mol. The number of alkyl halides is 3. The fourth-order valence-corrected chi connectivity index (χ4v) is 6.08. The summed E-state index contributed by atoms with van der Waals surface area (Å²) in [6.45, 7) is 8.09. The van der Waals surface area contributed by atoms with Gasteiger partial charge in [0, 0.05) is 25.2 Å². The highest BCUT2D eigenvalue weighted by atomic mass is 19.4. The molecule has 0 aromatic heterocycles. The maximum Gasteiger partial charge on any atom is 0.490 e. The average Bonchev–Trinajstić information content (AvgIpc) is 3.03. The molecule has 0 atom stereocenters. The molecular formula is C35H38F4N2O7. The number of carboxylic acid groups (broad SMARTS) is 2. The molecule has 2 fully saturated rings. The van der Waals surface area contributed by atoms with Crippen molar-refractivity contribution in [1.29, 1.82) is 0 Å². The molecule has 2 aliphatic rings. The Labute approximate surface area is 275 Å². The predicted molar refractivity (Wildman–Crippen MR) is 170 cm³/mol. The maximum absolute atomic E-state index is 13.6. The number of nitrogens with zero attached hydrogens (tertiary/aromatic N) is 2. The van der Waals surface area contributed by atoms with E-state index in [0.717, 1.165) is 72.8 Å². The molecule has 2 aliphatic heterocycles. The molecule has 3 aromatic rings. The number of carbonyl (C=O) groups excluding carboxylic acids is 1. The second-order valence-electron chi connectivity index (χ2n) is 11.7. The molecule has 1 spiro atoms. The number of rotatable bonds is 9. The Balaban J connectivity index is 0.000000671. The van der Waals surface area contributed by atoms with Gasteiger partial charge in [0.1, 0.15) is 17.3 Å². The van der Waals surface area contributed by atoms with Crippen molar-refractivity contribution in [3.05, 3.63) is 77.6 Å². The fourth-order valence-electron chi connectivity index (χ4n) is 6.08. The number of piperidine rings is 2. The first-order valence-corrected chi connectivity index (χ1v) is 15.6. The monoisotopic (exact) mass is 674 g/mol. The van der Waals surface area contributed by atoms with Crippen molar-refractivity contribution < 1.29 is 51.6 Å². The Morgan fingerprint density at radius 1 is 0.854 bits per heavy atom. The van der Waals surface area contributed by atoms with Crippen LogP contribution in [0.1, 0.15) is 55.5 Å². The highest BCUT2D eigenvalue weighted by Gasteiger charge is 2.41. The highest BCUT2D eigenvalue weighted by molar-refractivity contribution is 5.95. The molecule has 0 saturated carbocycles. The van der Waals surface area contributed by atoms with Crippen LogP contribution in [0.5, 0.6) is 11.5 Å². The molecule has 5 rings (SSSR count). The predicted octanol–water partition coefficient (Wildman–Crippen LogP) is 7.03. The normalized spacial score (nSPS) is 16.2. The lowest BCUT2D eigenvalue weighted by molar-refractivity contribution is -0.192. The van der Waals surface area contributed by atoms with Gasteiger partial charge in [-0.15, -0.1) is 0 Å². The van der Waals surface area contributed by atoms with E-state index in [9.17, 15) is 27.2 Å². The van der Waals surface area contributed by atoms with Gasteiger partial charge in [0.2, 0.25) is 5.91 Å². The summed E-state index contributed by atoms with van der Waals surface area (Å²) in [6.07, 6.45) is -1.73. The van der Waals surface area contributed by atoms with Crippen molar-refractivity contribution in [3.63, 3.8) is 0 Å². The molecule has 258 valence electrons. The highest BCUT2D eigenvalue weighted by Crippen LogP contribution is 2.44. The average molecular weight is 675 g/mol. The Hall–Kier alpha value is -4.65. The van der Waals surface area contributed by atoms with Crippen molar-refractivity contribution in [2.24, 2.45) is 5.41 Å². The standard InChI is InChI=1S/C33H37FN2O5.C2HF3O2/c1-3-40-28-19-23(20-29(41-4-2)31(28)24-5-9-26(34)10-6-24)22-35-16-13-33(14-17-35)15-18-36(30(37)21-33)27-11-7-25(8-12-27)32(38)39;3-2(4,5)1(6)7/h5-12,19-20H,3-4,13-18,21-22H2,1-2H3,(H,38,39);(H,6,7). The first-order valence-electron chi connectivity index (χ1n) is 15.6. The van der Waals surface area contributed by atoms with Crippen LogP contribution in [0.25, 0.3) is 11.1 Å². The number of benzene rings is 3. The van der Waals surface area contributed by atoms with Gasteiger partial charge in [-0.05, 0) is 111 Å². The minimum absolute atomic E-state index is 0.00446. The lowest BCUT2D eigenvalue weighted by atomic mass is 9.71. The third-order valence-electron chi connectivity index (χ3n) is 8.54. The number of halogens is 4. The van der Waals surface area contributed by atoms with Crippen LogP contribution in [-0.4, -0.2) is 72.0 Å². The maximum atomic E-state index is 13.6. The summed E-state index contributed by atoms with van der Waals surface area (Å²) in [4.78, 5) is 37.4. The van der Waals surface area contributed by atoms with E-state index in [4.69, 9.17) is 24.5 Å². The third kappa shape index (κ3) is 9.03. The van der Waals surface area contributed by atoms with Crippen LogP contribution in [-0.2, 0) is 16.1 Å². The zero-order chi connectivity index (χ0) is 35.1. The van der Waals surface area contributed by atoms with Crippen LogP contribution in [0.3, 0.4) is 0 Å². The molecule has 9 nitrogen and oxygen atoms in total. The lowest BCUT2D eigenvalue weighted by Gasteiger charge is -2.46. The summed E-state index contributed by atoms with van der Waals surface area (Å²) in [5, 5.41) is 16.3. The molecule has 0 unspecified atom stereocenters. The van der Waals surface area contributed by atoms with Gasteiger partial charge in [-0.25, -0.2) is 14.0 Å². The summed E-state index contributed by atoms with van der Waals surface area (Å²) >= 11 is 0. The number of carbonyl (C=O) groups is 3. The molecule has 2 saturated heterocycles. The SMILES string of the molecule is CCOc1cc(CN2CCC3(CC2)CCN(c2ccc(C(=O)O)cc2)C(=O)C3)cc(OCC)c1-c1ccc(F)cc1.O=C(O)C(F)(F)F. The van der Waals surface area contributed by atoms with Crippen molar-refractivity contribution in [2.45, 2.75) is 52.3 Å². The second-order valence-corrected chi connectivity index (χ2v) is 11.7. The van der Waals surface area contributed by atoms with E-state index in [1.165, 1.54) is 12.1 Å². The van der Waals surface area contributed by atoms with Crippen LogP contribution >= 0.6 is 0 Å². The largest absolute Gasteiger partial charge is 0.493 e. The number of ether oxygens (including phenoxy) is 2. The minimum Gasteiger partial charge on any atom is -0.493 e. The molecule has 13 heteroatoms. The number of hydrogen-bond acceptors (Lipinski definition) is 6. The molecule has 0 radical (unpaired) electrons. The van der Waals surface area contributed by atoms with Gasteiger partial charge in [0.15, 0.2) is 0 Å². The molecule has 2 N–H and O–H groups in total. The second kappa shape index (κ2) is 15.5. The van der Waals surface area contributed by atoms with E-state index in [1.807, 2.05) is 13.8 Å². The molecule has 3 aromatic carbocycles. The van der Waals surface area contributed by atoms with Gasteiger partial charge in [-0.1, -0.05) is 12.1 Å². The molecule has 1 amide bonds. The smallest absolute Gasteiger partial charge is 0.490 e. The number of hydrogen-bond donors (Lipinski definition) is 2. The number of aliphatic carboxylic acids is 1. The molecule has 48 heavy (non-hydrogen) atoms. The quantitative estimate of drug-likeness (QED) is 0.233. The van der Waals surface area contributed by atoms with E-state index >= 15 is 0 Å². The van der Waals surface area contributed by atoms with Gasteiger partial charge < -0.3 is 24.6 Å². The number of aromatic carboxylic acids is 1. The zero-order valence-electron chi connectivity index (χ0n) is 26.7. The number of anilines is 1. The van der Waals surface area contributed by atoms with Crippen LogP contribution in [0.15, 0.2) is 60.7 Å². The van der Waals surface area contributed by atoms with Gasteiger partial charge in [0.25, 0.3) is 0 Å². The van der Waals surface area contributed by atoms with E-state index < -0.39 is 18.1 Å². The van der Waals surface area contributed by atoms with Crippen LogP contribution in [0.4, 0.5) is 23.2 Å². The van der Waals surface area contributed by atoms with Crippen molar-refractivity contribution in [3.8, 4) is 22.6 Å². The number of amides is 1. The van der Waals surface area contributed by atoms with Gasteiger partial charge >= 0.3 is 18.1 Å². The summed E-state index contributed by atoms with van der Waals surface area (Å²) in [5.74, 6) is -2.46. The van der Waals surface area contributed by atoms with E-state index in [1.54, 1.807) is 41.3 Å². The Morgan fingerprint density at radius 2 is 1.38 bits per heavy atom. The van der Waals surface area contributed by atoms with Crippen LogP contribution in [0.2, 0.25) is 0 Å². The summed E-state index contributed by atoms with van der Waals surface area (Å²) in [6, 6.07) is 17.0. The van der Waals surface area contributed by atoms with Crippen LogP contribution < -0.4 is 14.4 Å². The lowest BCUT2D eigenvalue weighted by Crippen LogP contribution is -2.49. The van der Waals surface area contributed by atoms with Crippen LogP contribution in [0, 0.1) is 11.2 Å². The van der Waals surface area contributed by atoms with Crippen molar-refractivity contribution in [2.75, 3.05) is 37.7 Å². The molecule has 0 bridgehead atoms. The number of carboxylic acids is 2. The summed E-state index contributed by atoms with van der Waals surface area (Å²) in [5.41, 5.74) is 3.75. The number of likely N-dealkylation sites (tertiary alicyclic amines) is 1. The topological polar surface area (TPSA) is 117 Å². The molecule has 0 aliphatic carbocycles. The first-order chi connectivity index (χ1) is 22.7. The van der Waals surface area contributed by atoms with E-state index in [0.29, 0.717) is 26.2 Å². The van der Waals surface area contributed by atoms with E-state index in [-0.39, 0.29) is 22.7 Å². The van der Waals surface area contributed by atoms with Gasteiger partial charge in [-0.3, -0.25) is 9.69 Å². The Bertz CT molecular complexity index is 1560. The van der Waals surface area contributed by atoms with Gasteiger partial charge in [0.05, 0.1) is 24.3 Å². The van der Waals surface area contributed by atoms with Crippen molar-refractivity contribution >= 4 is 23.5 Å². The fraction of sp³-hybridized carbons (Fsp3) is 0.400. The zero-order valence-corrected chi connectivity index (χ0v) is 26.7. The Morgan fingerprint density at radius 3 is 1.83 bits per heavy atom. The summed E-state index contributed by atoms with van der Waals surface area (Å²) < 4.78 is 57.4. The van der Waals surface area contributed by atoms with E-state index in [2.05, 4.69) is 17.0 Å². The van der Waals surface area contributed by atoms with Gasteiger partial charge in [-0.2, -0.15) is 13.2 Å². The summed E-state index contributed by atoms with van der Waals surface area (Å²) in [7, 11) is 0. The third-order valence-corrected chi connectivity index (χ3v) is 8.54. The molecule has 2 heterocycles.